The van der Waals surface area contributed by atoms with E-state index >= 15 is 0 Å². The van der Waals surface area contributed by atoms with Crippen LogP contribution in [0, 0.1) is 12.7 Å². The van der Waals surface area contributed by atoms with Crippen molar-refractivity contribution >= 4 is 35.8 Å². The van der Waals surface area contributed by atoms with Gasteiger partial charge in [-0.05, 0) is 41.7 Å². The maximum absolute atomic E-state index is 13.7. The summed E-state index contributed by atoms with van der Waals surface area (Å²) in [6.45, 7) is 4.31. The molecule has 1 aliphatic rings. The number of aryl methyl sites for hydroxylation is 1. The monoisotopic (exact) mass is 510 g/mol. The summed E-state index contributed by atoms with van der Waals surface area (Å²) in [5.74, 6) is 0.672. The molecule has 0 spiro atoms. The lowest BCUT2D eigenvalue weighted by Crippen LogP contribution is -2.36. The van der Waals surface area contributed by atoms with Crippen LogP contribution in [0.15, 0.2) is 47.5 Å². The number of hydrogen-bond donors (Lipinski definition) is 2. The smallest absolute Gasteiger partial charge is 0.222 e. The first-order valence-corrected chi connectivity index (χ1v) is 9.61. The molecular weight excluding hydrogens is 482 g/mol. The number of likely N-dealkylation sites (tertiary alicyclic amines) is 1. The molecule has 1 heterocycles. The topological polar surface area (TPSA) is 56.7 Å². The highest BCUT2D eigenvalue weighted by atomic mass is 127. The lowest BCUT2D eigenvalue weighted by atomic mass is 10.1. The predicted molar refractivity (Wildman–Crippen MR) is 125 cm³/mol. The largest absolute Gasteiger partial charge is 0.352 e. The van der Waals surface area contributed by atoms with Gasteiger partial charge < -0.3 is 15.5 Å². The second-order valence-electron chi connectivity index (χ2n) is 7.05. The third kappa shape index (κ3) is 6.42. The highest BCUT2D eigenvalue weighted by Crippen LogP contribution is 2.17. The van der Waals surface area contributed by atoms with Gasteiger partial charge >= 0.3 is 0 Å². The van der Waals surface area contributed by atoms with Crippen molar-refractivity contribution in [2.45, 2.75) is 39.4 Å². The molecule has 1 aliphatic heterocycles. The number of halogens is 2. The minimum atomic E-state index is -0.201. The summed E-state index contributed by atoms with van der Waals surface area (Å²) in [6, 6.07) is 13.3. The Hall–Kier alpha value is -2.16. The van der Waals surface area contributed by atoms with Gasteiger partial charge in [0.15, 0.2) is 5.96 Å². The Kier molecular flexibility index (Phi) is 8.88. The van der Waals surface area contributed by atoms with Crippen molar-refractivity contribution in [3.63, 3.8) is 0 Å². The first-order chi connectivity index (χ1) is 13.6. The van der Waals surface area contributed by atoms with E-state index < -0.39 is 0 Å². The third-order valence-electron chi connectivity index (χ3n) is 5.02. The summed E-state index contributed by atoms with van der Waals surface area (Å²) < 4.78 is 13.7. The Balaban J connectivity index is 0.00000300. The number of benzene rings is 2. The van der Waals surface area contributed by atoms with Gasteiger partial charge in [0.25, 0.3) is 0 Å². The molecular formula is C22H28FIN4O. The highest BCUT2D eigenvalue weighted by molar-refractivity contribution is 14.0. The molecule has 1 saturated heterocycles. The number of carbonyl (C=O) groups excluding carboxylic acids is 1. The van der Waals surface area contributed by atoms with E-state index in [1.807, 2.05) is 23.1 Å². The van der Waals surface area contributed by atoms with Crippen LogP contribution in [0.25, 0.3) is 0 Å². The predicted octanol–water partition coefficient (Wildman–Crippen LogP) is 3.74. The summed E-state index contributed by atoms with van der Waals surface area (Å²) >= 11 is 0. The minimum Gasteiger partial charge on any atom is -0.352 e. The molecule has 1 amide bonds. The molecule has 0 bridgehead atoms. The quantitative estimate of drug-likeness (QED) is 0.354. The maximum atomic E-state index is 13.7. The molecule has 0 aliphatic carbocycles. The van der Waals surface area contributed by atoms with E-state index in [2.05, 4.69) is 27.8 Å². The van der Waals surface area contributed by atoms with Crippen LogP contribution in [-0.4, -0.2) is 30.4 Å². The lowest BCUT2D eigenvalue weighted by molar-refractivity contribution is -0.128. The summed E-state index contributed by atoms with van der Waals surface area (Å²) in [6.07, 6.45) is 1.59. The van der Waals surface area contributed by atoms with Crippen molar-refractivity contribution in [1.29, 1.82) is 0 Å². The van der Waals surface area contributed by atoms with Gasteiger partial charge in [-0.1, -0.05) is 36.4 Å². The van der Waals surface area contributed by atoms with Crippen molar-refractivity contribution < 1.29 is 9.18 Å². The van der Waals surface area contributed by atoms with Crippen LogP contribution < -0.4 is 10.6 Å². The fraction of sp³-hybridized carbons (Fsp3) is 0.364. The normalized spacial score (nSPS) is 14.0. The number of amides is 1. The fourth-order valence-corrected chi connectivity index (χ4v) is 3.29. The first-order valence-electron chi connectivity index (χ1n) is 9.61. The Bertz CT molecular complexity index is 872. The summed E-state index contributed by atoms with van der Waals surface area (Å²) in [4.78, 5) is 18.1. The van der Waals surface area contributed by atoms with Gasteiger partial charge in [-0.15, -0.1) is 24.0 Å². The van der Waals surface area contributed by atoms with Crippen LogP contribution in [-0.2, 0) is 24.4 Å². The molecule has 5 nitrogen and oxygen atoms in total. The molecule has 2 aromatic rings. The minimum absolute atomic E-state index is 0. The molecule has 0 aromatic heterocycles. The number of hydrogen-bond acceptors (Lipinski definition) is 2. The number of nitrogens with zero attached hydrogens (tertiary/aromatic N) is 2. The van der Waals surface area contributed by atoms with Crippen molar-refractivity contribution in [2.75, 3.05) is 13.6 Å². The number of guanidine groups is 1. The van der Waals surface area contributed by atoms with Gasteiger partial charge in [0.05, 0.1) is 0 Å². The van der Waals surface area contributed by atoms with E-state index in [1.54, 1.807) is 20.0 Å². The molecule has 29 heavy (non-hydrogen) atoms. The zero-order valence-electron chi connectivity index (χ0n) is 16.9. The Morgan fingerprint density at radius 2 is 1.86 bits per heavy atom. The van der Waals surface area contributed by atoms with Crippen molar-refractivity contribution in [1.82, 2.24) is 15.5 Å². The lowest BCUT2D eigenvalue weighted by Gasteiger charge is -2.19. The maximum Gasteiger partial charge on any atom is 0.222 e. The van der Waals surface area contributed by atoms with Crippen LogP contribution in [0.2, 0.25) is 0 Å². The van der Waals surface area contributed by atoms with E-state index in [0.717, 1.165) is 29.7 Å². The van der Waals surface area contributed by atoms with Gasteiger partial charge in [-0.3, -0.25) is 9.79 Å². The number of rotatable bonds is 6. The second-order valence-corrected chi connectivity index (χ2v) is 7.05. The zero-order valence-corrected chi connectivity index (χ0v) is 19.2. The van der Waals surface area contributed by atoms with E-state index in [0.29, 0.717) is 37.6 Å². The molecule has 2 aromatic carbocycles. The molecule has 3 rings (SSSR count). The average molecular weight is 510 g/mol. The first kappa shape index (κ1) is 23.1. The fourth-order valence-electron chi connectivity index (χ4n) is 3.29. The van der Waals surface area contributed by atoms with Gasteiger partial charge in [-0.25, -0.2) is 4.39 Å². The van der Waals surface area contributed by atoms with Gasteiger partial charge in [0.2, 0.25) is 5.91 Å². The molecule has 7 heteroatoms. The number of nitrogens with one attached hydrogen (secondary N) is 2. The zero-order chi connectivity index (χ0) is 19.9. The van der Waals surface area contributed by atoms with Crippen LogP contribution in [0.5, 0.6) is 0 Å². The van der Waals surface area contributed by atoms with Crippen LogP contribution in [0.3, 0.4) is 0 Å². The standard InChI is InChI=1S/C22H27FN4O.HI/c1-16-9-10-17(12-20(16)23)13-25-22(24-2)26-14-18-6-3-4-7-19(18)15-27-11-5-8-21(27)28;/h3-4,6-7,9-10,12H,5,8,11,13-15H2,1-2H3,(H2,24,25,26);1H. The summed E-state index contributed by atoms with van der Waals surface area (Å²) in [5, 5.41) is 6.51. The van der Waals surface area contributed by atoms with Crippen LogP contribution in [0.1, 0.15) is 35.1 Å². The molecule has 0 saturated carbocycles. The SMILES string of the molecule is CN=C(NCc1ccc(C)c(F)c1)NCc1ccccc1CN1CCCC1=O.I. The Morgan fingerprint density at radius 3 is 2.52 bits per heavy atom. The molecule has 2 N–H and O–H groups in total. The van der Waals surface area contributed by atoms with E-state index in [9.17, 15) is 9.18 Å². The molecule has 0 atom stereocenters. The van der Waals surface area contributed by atoms with E-state index in [4.69, 9.17) is 0 Å². The van der Waals surface area contributed by atoms with Crippen LogP contribution >= 0.6 is 24.0 Å². The molecule has 156 valence electrons. The van der Waals surface area contributed by atoms with E-state index in [-0.39, 0.29) is 35.7 Å². The molecule has 1 fully saturated rings. The molecule has 0 radical (unpaired) electrons. The van der Waals surface area contributed by atoms with E-state index in [1.165, 1.54) is 6.07 Å². The Morgan fingerprint density at radius 1 is 1.14 bits per heavy atom. The summed E-state index contributed by atoms with van der Waals surface area (Å²) in [7, 11) is 1.71. The van der Waals surface area contributed by atoms with Gasteiger partial charge in [-0.2, -0.15) is 0 Å². The van der Waals surface area contributed by atoms with Gasteiger partial charge in [0.1, 0.15) is 5.82 Å². The van der Waals surface area contributed by atoms with Crippen molar-refractivity contribution in [2.24, 2.45) is 4.99 Å². The third-order valence-corrected chi connectivity index (χ3v) is 5.02. The van der Waals surface area contributed by atoms with Crippen LogP contribution in [0.4, 0.5) is 4.39 Å². The average Bonchev–Trinajstić information content (AvgIpc) is 3.10. The molecule has 0 unspecified atom stereocenters. The Labute approximate surface area is 188 Å². The van der Waals surface area contributed by atoms with Crippen molar-refractivity contribution in [3.8, 4) is 0 Å². The van der Waals surface area contributed by atoms with Crippen molar-refractivity contribution in [3.05, 3.63) is 70.5 Å². The number of aliphatic imine (C=N–C) groups is 1. The summed E-state index contributed by atoms with van der Waals surface area (Å²) in [5.41, 5.74) is 3.77. The number of carbonyl (C=O) groups is 1. The second kappa shape index (κ2) is 11.1. The highest BCUT2D eigenvalue weighted by Gasteiger charge is 2.20. The van der Waals surface area contributed by atoms with Gasteiger partial charge in [0, 0.05) is 39.6 Å².